The molecule has 0 spiro atoms. The van der Waals surface area contributed by atoms with Gasteiger partial charge >= 0.3 is 0 Å². The van der Waals surface area contributed by atoms with E-state index in [-0.39, 0.29) is 11.8 Å². The van der Waals surface area contributed by atoms with Gasteiger partial charge in [0, 0.05) is 31.8 Å². The van der Waals surface area contributed by atoms with Gasteiger partial charge in [0.2, 0.25) is 5.91 Å². The monoisotopic (exact) mass is 317 g/mol. The fourth-order valence-electron chi connectivity index (χ4n) is 2.60. The molecule has 0 radical (unpaired) electrons. The van der Waals surface area contributed by atoms with Crippen LogP contribution in [-0.4, -0.2) is 48.9 Å². The summed E-state index contributed by atoms with van der Waals surface area (Å²) in [5, 5.41) is 0. The van der Waals surface area contributed by atoms with Gasteiger partial charge in [-0.15, -0.1) is 0 Å². The molecule has 23 heavy (non-hydrogen) atoms. The van der Waals surface area contributed by atoms with E-state index < -0.39 is 0 Å². The first kappa shape index (κ1) is 19.2. The molecule has 0 aliphatic carbocycles. The van der Waals surface area contributed by atoms with Gasteiger partial charge in [0.25, 0.3) is 0 Å². The molecular formula is C19H31N3O. The number of carbonyl (C=O) groups is 1. The second kappa shape index (κ2) is 10.1. The van der Waals surface area contributed by atoms with E-state index in [1.807, 2.05) is 37.4 Å². The Kier molecular flexibility index (Phi) is 8.41. The summed E-state index contributed by atoms with van der Waals surface area (Å²) in [6, 6.07) is 10.0. The summed E-state index contributed by atoms with van der Waals surface area (Å²) < 4.78 is 0. The van der Waals surface area contributed by atoms with E-state index in [2.05, 4.69) is 30.2 Å². The summed E-state index contributed by atoms with van der Waals surface area (Å²) in [5.41, 5.74) is 7.69. The number of likely N-dealkylation sites (N-methyl/N-ethyl adjacent to an activating group) is 2. The van der Waals surface area contributed by atoms with Crippen LogP contribution >= 0.6 is 0 Å². The fraction of sp³-hybridized carbons (Fsp3) is 0.526. The van der Waals surface area contributed by atoms with Crippen molar-refractivity contribution in [1.82, 2.24) is 9.80 Å². The molecule has 128 valence electrons. The normalized spacial score (nSPS) is 12.2. The van der Waals surface area contributed by atoms with E-state index in [1.54, 1.807) is 0 Å². The number of primary amides is 1. The Morgan fingerprint density at radius 2 is 1.78 bits per heavy atom. The highest BCUT2D eigenvalue weighted by Gasteiger charge is 2.19. The molecule has 0 aliphatic heterocycles. The third-order valence-corrected chi connectivity index (χ3v) is 4.40. The van der Waals surface area contributed by atoms with Gasteiger partial charge in [0.1, 0.15) is 0 Å². The number of nitrogens with two attached hydrogens (primary N) is 1. The third kappa shape index (κ3) is 6.87. The summed E-state index contributed by atoms with van der Waals surface area (Å²) in [7, 11) is 2.03. The zero-order chi connectivity index (χ0) is 17.2. The van der Waals surface area contributed by atoms with E-state index in [9.17, 15) is 4.79 Å². The topological polar surface area (TPSA) is 49.6 Å². The number of allylic oxidation sites excluding steroid dienone is 1. The maximum absolute atomic E-state index is 11.8. The van der Waals surface area contributed by atoms with Crippen LogP contribution in [0.4, 0.5) is 0 Å². The molecule has 4 heteroatoms. The summed E-state index contributed by atoms with van der Waals surface area (Å²) in [5.74, 6) is -0.465. The van der Waals surface area contributed by atoms with Gasteiger partial charge < -0.3 is 15.5 Å². The first-order chi connectivity index (χ1) is 11.0. The minimum atomic E-state index is -0.257. The number of nitrogens with zero attached hydrogens (tertiary/aromatic N) is 2. The first-order valence-electron chi connectivity index (χ1n) is 8.42. The fourth-order valence-corrected chi connectivity index (χ4v) is 2.60. The molecule has 0 aliphatic rings. The van der Waals surface area contributed by atoms with Gasteiger partial charge in [-0.2, -0.15) is 0 Å². The van der Waals surface area contributed by atoms with Gasteiger partial charge in [-0.05, 0) is 31.5 Å². The Morgan fingerprint density at radius 1 is 1.17 bits per heavy atom. The van der Waals surface area contributed by atoms with Crippen LogP contribution in [0.3, 0.4) is 0 Å². The molecule has 0 unspecified atom stereocenters. The lowest BCUT2D eigenvalue weighted by Gasteiger charge is -2.27. The van der Waals surface area contributed by atoms with Crippen LogP contribution in [0.5, 0.6) is 0 Å². The van der Waals surface area contributed by atoms with Gasteiger partial charge in [-0.1, -0.05) is 50.8 Å². The van der Waals surface area contributed by atoms with Crippen LogP contribution in [0.1, 0.15) is 25.8 Å². The minimum Gasteiger partial charge on any atom is -0.377 e. The number of hydrogen-bond donors (Lipinski definition) is 1. The molecule has 0 aromatic heterocycles. The highest BCUT2D eigenvalue weighted by molar-refractivity contribution is 5.77. The second-order valence-electron chi connectivity index (χ2n) is 6.01. The number of amides is 1. The molecule has 1 rings (SSSR count). The van der Waals surface area contributed by atoms with Crippen molar-refractivity contribution in [2.45, 2.75) is 26.7 Å². The SMILES string of the molecule is C=C(C[C@@H](Cc1ccccc1)C(N)=O)N(C)CCN(CC)CC. The highest BCUT2D eigenvalue weighted by Crippen LogP contribution is 2.18. The molecule has 0 bridgehead atoms. The van der Waals surface area contributed by atoms with E-state index in [1.165, 1.54) is 0 Å². The van der Waals surface area contributed by atoms with Crippen molar-refractivity contribution in [3.8, 4) is 0 Å². The van der Waals surface area contributed by atoms with Crippen LogP contribution in [0.2, 0.25) is 0 Å². The van der Waals surface area contributed by atoms with E-state index in [0.717, 1.165) is 37.4 Å². The van der Waals surface area contributed by atoms with E-state index in [0.29, 0.717) is 12.8 Å². The zero-order valence-corrected chi connectivity index (χ0v) is 14.8. The van der Waals surface area contributed by atoms with Crippen molar-refractivity contribution in [2.24, 2.45) is 11.7 Å². The van der Waals surface area contributed by atoms with Crippen molar-refractivity contribution < 1.29 is 4.79 Å². The minimum absolute atomic E-state index is 0.208. The molecule has 1 aromatic rings. The lowest BCUT2D eigenvalue weighted by Crippen LogP contribution is -2.34. The van der Waals surface area contributed by atoms with Gasteiger partial charge in [0.05, 0.1) is 0 Å². The molecule has 0 heterocycles. The zero-order valence-electron chi connectivity index (χ0n) is 14.8. The summed E-state index contributed by atoms with van der Waals surface area (Å²) in [6.07, 6.45) is 1.28. The predicted molar refractivity (Wildman–Crippen MR) is 97.0 cm³/mol. The smallest absolute Gasteiger partial charge is 0.221 e. The average molecular weight is 317 g/mol. The summed E-state index contributed by atoms with van der Waals surface area (Å²) >= 11 is 0. The molecule has 0 saturated carbocycles. The first-order valence-corrected chi connectivity index (χ1v) is 8.42. The molecule has 1 amide bonds. The van der Waals surface area contributed by atoms with Crippen LogP contribution in [0.15, 0.2) is 42.6 Å². The standard InChI is InChI=1S/C19H31N3O/c1-5-22(6-2)13-12-21(4)16(3)14-18(19(20)23)15-17-10-8-7-9-11-17/h7-11,18H,3,5-6,12-15H2,1-2,4H3,(H2,20,23)/t18-/m0/s1. The molecule has 1 aromatic carbocycles. The Labute approximate surface area is 141 Å². The van der Waals surface area contributed by atoms with Gasteiger partial charge in [-0.25, -0.2) is 0 Å². The lowest BCUT2D eigenvalue weighted by atomic mass is 9.94. The quantitative estimate of drug-likeness (QED) is 0.682. The van der Waals surface area contributed by atoms with Crippen molar-refractivity contribution in [2.75, 3.05) is 33.2 Å². The molecule has 4 nitrogen and oxygen atoms in total. The maximum Gasteiger partial charge on any atom is 0.221 e. The summed E-state index contributed by atoms with van der Waals surface area (Å²) in [6.45, 7) is 12.5. The van der Waals surface area contributed by atoms with Crippen molar-refractivity contribution >= 4 is 5.91 Å². The van der Waals surface area contributed by atoms with Crippen LogP contribution in [0.25, 0.3) is 0 Å². The second-order valence-corrected chi connectivity index (χ2v) is 6.01. The molecule has 1 atom stereocenters. The number of carbonyl (C=O) groups excluding carboxylic acids is 1. The summed E-state index contributed by atoms with van der Waals surface area (Å²) in [4.78, 5) is 16.3. The molecule has 0 fully saturated rings. The highest BCUT2D eigenvalue weighted by atomic mass is 16.1. The Hall–Kier alpha value is -1.81. The van der Waals surface area contributed by atoms with Crippen LogP contribution in [0, 0.1) is 5.92 Å². The molecule has 0 saturated heterocycles. The van der Waals surface area contributed by atoms with Gasteiger partial charge in [0.15, 0.2) is 0 Å². The number of rotatable bonds is 11. The number of benzene rings is 1. The Bertz CT molecular complexity index is 483. The third-order valence-electron chi connectivity index (χ3n) is 4.40. The maximum atomic E-state index is 11.8. The van der Waals surface area contributed by atoms with Gasteiger partial charge in [-0.3, -0.25) is 4.79 Å². The lowest BCUT2D eigenvalue weighted by molar-refractivity contribution is -0.121. The van der Waals surface area contributed by atoms with Crippen LogP contribution in [-0.2, 0) is 11.2 Å². The van der Waals surface area contributed by atoms with E-state index in [4.69, 9.17) is 5.73 Å². The number of hydrogen-bond acceptors (Lipinski definition) is 3. The van der Waals surface area contributed by atoms with E-state index >= 15 is 0 Å². The largest absolute Gasteiger partial charge is 0.377 e. The Morgan fingerprint density at radius 3 is 2.30 bits per heavy atom. The Balaban J connectivity index is 2.55. The van der Waals surface area contributed by atoms with Crippen molar-refractivity contribution in [3.63, 3.8) is 0 Å². The predicted octanol–water partition coefficient (Wildman–Crippen LogP) is 2.51. The molecule has 2 N–H and O–H groups in total. The molecular weight excluding hydrogens is 286 g/mol. The van der Waals surface area contributed by atoms with Crippen molar-refractivity contribution in [3.05, 3.63) is 48.2 Å². The average Bonchev–Trinajstić information content (AvgIpc) is 2.55. The van der Waals surface area contributed by atoms with Crippen molar-refractivity contribution in [1.29, 1.82) is 0 Å². The van der Waals surface area contributed by atoms with Crippen LogP contribution < -0.4 is 5.73 Å².